The van der Waals surface area contributed by atoms with Crippen LogP contribution in [0.1, 0.15) is 57.6 Å². The summed E-state index contributed by atoms with van der Waals surface area (Å²) in [7, 11) is 0. The smallest absolute Gasteiger partial charge is 0.191 e. The van der Waals surface area contributed by atoms with Gasteiger partial charge in [0.15, 0.2) is 5.96 Å². The van der Waals surface area contributed by atoms with Crippen LogP contribution in [0.3, 0.4) is 0 Å². The largest absolute Gasteiger partial charge is 0.387 e. The van der Waals surface area contributed by atoms with Gasteiger partial charge in [-0.2, -0.15) is 11.8 Å². The number of hydrogen-bond donors (Lipinski definition) is 3. The van der Waals surface area contributed by atoms with Crippen LogP contribution < -0.4 is 10.6 Å². The third kappa shape index (κ3) is 4.91. The molecule has 0 bridgehead atoms. The van der Waals surface area contributed by atoms with Gasteiger partial charge in [-0.1, -0.05) is 25.9 Å². The first kappa shape index (κ1) is 20.1. The van der Waals surface area contributed by atoms with Gasteiger partial charge in [-0.25, -0.2) is 4.99 Å². The van der Waals surface area contributed by atoms with Crippen LogP contribution in [-0.2, 0) is 19.4 Å². The Hall–Kier alpha value is -1.21. The molecule has 1 heterocycles. The van der Waals surface area contributed by atoms with E-state index < -0.39 is 5.60 Å². The number of hydrogen-bond acceptors (Lipinski definition) is 5. The van der Waals surface area contributed by atoms with Crippen LogP contribution in [0, 0.1) is 0 Å². The van der Waals surface area contributed by atoms with Gasteiger partial charge >= 0.3 is 0 Å². The fourth-order valence-corrected chi connectivity index (χ4v) is 4.29. The highest BCUT2D eigenvalue weighted by Crippen LogP contribution is 2.40. The summed E-state index contributed by atoms with van der Waals surface area (Å²) in [6, 6.07) is 0. The fraction of sp³-hybridized carbons (Fsp3) is 0.778. The van der Waals surface area contributed by atoms with Gasteiger partial charge in [0.05, 0.1) is 17.8 Å². The number of guanidine groups is 1. The van der Waals surface area contributed by atoms with Crippen molar-refractivity contribution in [3.05, 3.63) is 17.0 Å². The molecule has 1 aromatic heterocycles. The number of aliphatic hydroxyl groups is 1. The van der Waals surface area contributed by atoms with E-state index in [4.69, 9.17) is 4.52 Å². The fourth-order valence-electron chi connectivity index (χ4n) is 3.09. The van der Waals surface area contributed by atoms with Crippen molar-refractivity contribution < 1.29 is 9.63 Å². The average Bonchev–Trinajstić information content (AvgIpc) is 3.02. The van der Waals surface area contributed by atoms with Crippen LogP contribution >= 0.6 is 11.8 Å². The zero-order chi connectivity index (χ0) is 18.3. The molecule has 25 heavy (non-hydrogen) atoms. The van der Waals surface area contributed by atoms with E-state index in [1.165, 1.54) is 0 Å². The van der Waals surface area contributed by atoms with Gasteiger partial charge in [-0.05, 0) is 31.9 Å². The lowest BCUT2D eigenvalue weighted by atomic mass is 9.79. The van der Waals surface area contributed by atoms with Gasteiger partial charge in [0.2, 0.25) is 0 Å². The molecule has 2 atom stereocenters. The predicted octanol–water partition coefficient (Wildman–Crippen LogP) is 2.50. The van der Waals surface area contributed by atoms with Crippen molar-refractivity contribution in [2.45, 2.75) is 70.8 Å². The third-order valence-electron chi connectivity index (χ3n) is 4.72. The van der Waals surface area contributed by atoms with E-state index in [9.17, 15) is 5.11 Å². The maximum atomic E-state index is 10.7. The molecule has 0 aliphatic heterocycles. The zero-order valence-electron chi connectivity index (χ0n) is 15.9. The van der Waals surface area contributed by atoms with Crippen molar-refractivity contribution in [1.82, 2.24) is 15.8 Å². The highest BCUT2D eigenvalue weighted by molar-refractivity contribution is 8.00. The summed E-state index contributed by atoms with van der Waals surface area (Å²) in [6.07, 6.45) is 3.60. The molecule has 3 N–H and O–H groups in total. The predicted molar refractivity (Wildman–Crippen MR) is 104 cm³/mol. The van der Waals surface area contributed by atoms with Crippen LogP contribution in [0.5, 0.6) is 0 Å². The molecule has 0 radical (unpaired) electrons. The van der Waals surface area contributed by atoms with Crippen LogP contribution in [0.15, 0.2) is 9.52 Å². The summed E-state index contributed by atoms with van der Waals surface area (Å²) < 4.78 is 5.41. The standard InChI is InChI=1S/C18H32N4O2S/c1-5-14-13(15(6-2)24-22-14)11-20-17(19-7-3)21-12-18(23)10-9-16(18)25-8-4/h16,23H,5-12H2,1-4H3,(H2,19,20,21). The van der Waals surface area contributed by atoms with E-state index in [0.29, 0.717) is 18.3 Å². The van der Waals surface area contributed by atoms with E-state index in [1.807, 2.05) is 18.7 Å². The van der Waals surface area contributed by atoms with Crippen molar-refractivity contribution in [3.63, 3.8) is 0 Å². The van der Waals surface area contributed by atoms with Gasteiger partial charge in [0.1, 0.15) is 5.76 Å². The molecular weight excluding hydrogens is 336 g/mol. The lowest BCUT2D eigenvalue weighted by molar-refractivity contribution is -0.0198. The first-order valence-corrected chi connectivity index (χ1v) is 10.4. The Labute approximate surface area is 155 Å². The second-order valence-electron chi connectivity index (χ2n) is 6.37. The van der Waals surface area contributed by atoms with E-state index in [1.54, 1.807) is 0 Å². The Kier molecular flexibility index (Phi) is 7.62. The molecule has 1 saturated carbocycles. The SMILES string of the molecule is CCNC(=NCc1c(CC)noc1CC)NCC1(O)CCC1SCC. The van der Waals surface area contributed by atoms with Crippen molar-refractivity contribution in [2.75, 3.05) is 18.8 Å². The van der Waals surface area contributed by atoms with Crippen molar-refractivity contribution in [3.8, 4) is 0 Å². The molecule has 2 unspecified atom stereocenters. The summed E-state index contributed by atoms with van der Waals surface area (Å²) in [6.45, 7) is 10.2. The monoisotopic (exact) mass is 368 g/mol. The quantitative estimate of drug-likeness (QED) is 0.459. The third-order valence-corrected chi connectivity index (χ3v) is 6.13. The zero-order valence-corrected chi connectivity index (χ0v) is 16.7. The highest BCUT2D eigenvalue weighted by atomic mass is 32.2. The van der Waals surface area contributed by atoms with Gasteiger partial charge in [-0.15, -0.1) is 0 Å². The van der Waals surface area contributed by atoms with Crippen LogP contribution in [0.25, 0.3) is 0 Å². The molecule has 6 nitrogen and oxygen atoms in total. The first-order chi connectivity index (χ1) is 12.1. The Morgan fingerprint density at radius 1 is 1.32 bits per heavy atom. The number of nitrogens with one attached hydrogen (secondary N) is 2. The average molecular weight is 369 g/mol. The number of thioether (sulfide) groups is 1. The minimum atomic E-state index is -0.628. The normalized spacial score (nSPS) is 23.4. The summed E-state index contributed by atoms with van der Waals surface area (Å²) >= 11 is 1.84. The number of aryl methyl sites for hydroxylation is 2. The Bertz CT molecular complexity index is 554. The molecule has 2 rings (SSSR count). The van der Waals surface area contributed by atoms with Gasteiger partial charge in [0.25, 0.3) is 0 Å². The summed E-state index contributed by atoms with van der Waals surface area (Å²) in [4.78, 5) is 4.68. The number of nitrogens with zero attached hydrogens (tertiary/aromatic N) is 2. The molecule has 0 aromatic carbocycles. The number of rotatable bonds is 9. The summed E-state index contributed by atoms with van der Waals surface area (Å²) in [5.41, 5.74) is 1.44. The molecule has 7 heteroatoms. The van der Waals surface area contributed by atoms with Gasteiger partial charge in [-0.3, -0.25) is 0 Å². The van der Waals surface area contributed by atoms with E-state index in [2.05, 4.69) is 41.6 Å². The number of aromatic nitrogens is 1. The van der Waals surface area contributed by atoms with Crippen molar-refractivity contribution in [1.29, 1.82) is 0 Å². The van der Waals surface area contributed by atoms with Crippen LogP contribution in [-0.4, -0.2) is 45.9 Å². The molecule has 1 aliphatic rings. The van der Waals surface area contributed by atoms with Gasteiger partial charge in [0, 0.05) is 30.3 Å². The Balaban J connectivity index is 2.00. The van der Waals surface area contributed by atoms with Crippen molar-refractivity contribution in [2.24, 2.45) is 4.99 Å². The second-order valence-corrected chi connectivity index (χ2v) is 7.85. The molecular formula is C18H32N4O2S. The molecule has 0 amide bonds. The number of aliphatic imine (C=N–C) groups is 1. The highest BCUT2D eigenvalue weighted by Gasteiger charge is 2.45. The molecule has 0 spiro atoms. The van der Waals surface area contributed by atoms with Crippen LogP contribution in [0.2, 0.25) is 0 Å². The maximum Gasteiger partial charge on any atom is 0.191 e. The molecule has 1 aliphatic carbocycles. The van der Waals surface area contributed by atoms with E-state index in [-0.39, 0.29) is 0 Å². The summed E-state index contributed by atoms with van der Waals surface area (Å²) in [5, 5.41) is 21.8. The molecule has 1 aromatic rings. The van der Waals surface area contributed by atoms with Crippen LogP contribution in [0.4, 0.5) is 0 Å². The lowest BCUT2D eigenvalue weighted by Gasteiger charge is -2.45. The molecule has 1 fully saturated rings. The summed E-state index contributed by atoms with van der Waals surface area (Å²) in [5.74, 6) is 2.68. The second kappa shape index (κ2) is 9.48. The molecule has 142 valence electrons. The minimum absolute atomic E-state index is 0.323. The van der Waals surface area contributed by atoms with Crippen molar-refractivity contribution >= 4 is 17.7 Å². The Morgan fingerprint density at radius 2 is 2.12 bits per heavy atom. The Morgan fingerprint density at radius 3 is 2.68 bits per heavy atom. The topological polar surface area (TPSA) is 82.7 Å². The minimum Gasteiger partial charge on any atom is -0.387 e. The maximum absolute atomic E-state index is 10.7. The van der Waals surface area contributed by atoms with E-state index in [0.717, 1.165) is 61.0 Å². The van der Waals surface area contributed by atoms with Gasteiger partial charge < -0.3 is 20.3 Å². The lowest BCUT2D eigenvalue weighted by Crippen LogP contribution is -2.58. The van der Waals surface area contributed by atoms with E-state index >= 15 is 0 Å². The first-order valence-electron chi connectivity index (χ1n) is 9.40. The molecule has 0 saturated heterocycles.